The molecule has 2 aliphatic heterocycles. The Morgan fingerprint density at radius 1 is 0.967 bits per heavy atom. The van der Waals surface area contributed by atoms with Gasteiger partial charge in [-0.3, -0.25) is 4.99 Å². The third-order valence-electron chi connectivity index (χ3n) is 5.49. The summed E-state index contributed by atoms with van der Waals surface area (Å²) in [6.07, 6.45) is 13.3. The average Bonchev–Trinajstić information content (AvgIpc) is 3.05. The maximum Gasteiger partial charge on any atom is 0.265 e. The number of aromatic nitrogens is 2. The molecule has 6 heteroatoms. The molecule has 1 aliphatic carbocycles. The first kappa shape index (κ1) is 16.9. The second-order valence-electron chi connectivity index (χ2n) is 7.34. The minimum absolute atomic E-state index is 0.00779. The quantitative estimate of drug-likeness (QED) is 0.543. The van der Waals surface area contributed by atoms with Gasteiger partial charge in [-0.1, -0.05) is 54.6 Å². The smallest absolute Gasteiger partial charge is 0.253 e. The SMILES string of the molecule is N[N+]12C=CN=CC1=C(C1=CC=C1)N=C2c1ccc2cnc(-c3ccccc3)nc2c1. The van der Waals surface area contributed by atoms with Gasteiger partial charge in [-0.15, -0.1) is 4.59 Å². The maximum atomic E-state index is 6.80. The van der Waals surface area contributed by atoms with Crippen molar-refractivity contribution in [2.45, 2.75) is 0 Å². The van der Waals surface area contributed by atoms with E-state index in [-0.39, 0.29) is 4.59 Å². The zero-order chi connectivity index (χ0) is 20.1. The highest BCUT2D eigenvalue weighted by atomic mass is 15.6. The third-order valence-corrected chi connectivity index (χ3v) is 5.49. The third kappa shape index (κ3) is 2.45. The van der Waals surface area contributed by atoms with Crippen LogP contribution in [-0.4, -0.2) is 26.6 Å². The van der Waals surface area contributed by atoms with E-state index in [0.717, 1.165) is 44.8 Å². The van der Waals surface area contributed by atoms with Gasteiger partial charge in [0.1, 0.15) is 11.9 Å². The van der Waals surface area contributed by atoms with Gasteiger partial charge in [-0.2, -0.15) is 10.8 Å². The molecule has 3 aliphatic rings. The van der Waals surface area contributed by atoms with Gasteiger partial charge in [-0.05, 0) is 12.1 Å². The topological polar surface area (TPSA) is 76.5 Å². The van der Waals surface area contributed by atoms with Crippen molar-refractivity contribution in [2.24, 2.45) is 15.8 Å². The molecule has 30 heavy (non-hydrogen) atoms. The van der Waals surface area contributed by atoms with Gasteiger partial charge < -0.3 is 0 Å². The van der Waals surface area contributed by atoms with Crippen LogP contribution in [0.15, 0.2) is 112 Å². The number of nitrogens with two attached hydrogens (primary N) is 1. The van der Waals surface area contributed by atoms with Gasteiger partial charge in [0.15, 0.2) is 5.82 Å². The molecule has 1 aromatic heterocycles. The Kier molecular flexibility index (Phi) is 3.52. The van der Waals surface area contributed by atoms with Crippen LogP contribution in [-0.2, 0) is 0 Å². The molecular formula is C24H17N6+. The molecule has 1 atom stereocenters. The summed E-state index contributed by atoms with van der Waals surface area (Å²) in [6.45, 7) is 0. The van der Waals surface area contributed by atoms with Crippen molar-refractivity contribution in [2.75, 3.05) is 0 Å². The van der Waals surface area contributed by atoms with Crippen LogP contribution in [0.3, 0.4) is 0 Å². The predicted molar refractivity (Wildman–Crippen MR) is 118 cm³/mol. The largest absolute Gasteiger partial charge is 0.265 e. The molecular weight excluding hydrogens is 372 g/mol. The molecule has 142 valence electrons. The molecule has 3 aromatic rings. The van der Waals surface area contributed by atoms with Gasteiger partial charge in [0.05, 0.1) is 23.5 Å². The second kappa shape index (κ2) is 6.25. The fourth-order valence-corrected chi connectivity index (χ4v) is 3.83. The van der Waals surface area contributed by atoms with E-state index in [9.17, 15) is 0 Å². The van der Waals surface area contributed by atoms with E-state index in [1.807, 2.05) is 79.2 Å². The lowest BCUT2D eigenvalue weighted by Crippen LogP contribution is -2.53. The Morgan fingerprint density at radius 3 is 2.63 bits per heavy atom. The Bertz CT molecular complexity index is 1390. The molecule has 0 amide bonds. The monoisotopic (exact) mass is 389 g/mol. The highest BCUT2D eigenvalue weighted by Crippen LogP contribution is 2.36. The summed E-state index contributed by atoms with van der Waals surface area (Å²) in [6, 6.07) is 16.0. The minimum atomic E-state index is -0.00779. The molecule has 2 aromatic carbocycles. The Hall–Kier alpha value is -4.00. The summed E-state index contributed by atoms with van der Waals surface area (Å²) >= 11 is 0. The number of rotatable bonds is 3. The summed E-state index contributed by atoms with van der Waals surface area (Å²) in [5, 5.41) is 0.967. The summed E-state index contributed by atoms with van der Waals surface area (Å²) in [5.74, 6) is 8.23. The number of quaternary nitrogens is 1. The van der Waals surface area contributed by atoms with Crippen molar-refractivity contribution in [3.63, 3.8) is 0 Å². The van der Waals surface area contributed by atoms with E-state index in [4.69, 9.17) is 15.8 Å². The van der Waals surface area contributed by atoms with Crippen LogP contribution in [0, 0.1) is 0 Å². The van der Waals surface area contributed by atoms with Gasteiger partial charge in [0.2, 0.25) is 5.70 Å². The van der Waals surface area contributed by atoms with Crippen molar-refractivity contribution in [3.8, 4) is 11.4 Å². The summed E-state index contributed by atoms with van der Waals surface area (Å²) in [7, 11) is 0. The molecule has 0 saturated carbocycles. The molecule has 0 saturated heterocycles. The van der Waals surface area contributed by atoms with Gasteiger partial charge in [0, 0.05) is 22.7 Å². The van der Waals surface area contributed by atoms with Crippen molar-refractivity contribution in [3.05, 3.63) is 108 Å². The van der Waals surface area contributed by atoms with Crippen LogP contribution < -0.4 is 5.84 Å². The average molecular weight is 389 g/mol. The van der Waals surface area contributed by atoms with E-state index >= 15 is 0 Å². The normalized spacial score (nSPS) is 21.5. The zero-order valence-electron chi connectivity index (χ0n) is 16.0. The Labute approximate surface area is 173 Å². The molecule has 0 fully saturated rings. The van der Waals surface area contributed by atoms with Gasteiger partial charge in [-0.25, -0.2) is 9.97 Å². The van der Waals surface area contributed by atoms with Crippen molar-refractivity contribution in [1.29, 1.82) is 0 Å². The molecule has 0 spiro atoms. The Morgan fingerprint density at radius 2 is 1.83 bits per heavy atom. The number of amidine groups is 1. The number of nitrogens with zero attached hydrogens (tertiary/aromatic N) is 5. The zero-order valence-corrected chi connectivity index (χ0v) is 16.0. The first-order valence-electron chi connectivity index (χ1n) is 9.66. The van der Waals surface area contributed by atoms with Crippen LogP contribution in [0.2, 0.25) is 0 Å². The van der Waals surface area contributed by atoms with Crippen LogP contribution in [0.4, 0.5) is 0 Å². The summed E-state index contributed by atoms with van der Waals surface area (Å²) in [4.78, 5) is 18.5. The molecule has 3 heterocycles. The molecule has 6 nitrogen and oxygen atoms in total. The first-order chi connectivity index (χ1) is 14.7. The second-order valence-corrected chi connectivity index (χ2v) is 7.34. The Balaban J connectivity index is 1.48. The van der Waals surface area contributed by atoms with Gasteiger partial charge >= 0.3 is 0 Å². The standard InChI is InChI=1S/C24H17N6/c25-30-12-11-26-15-21(30)22(16-7-4-8-16)29-24(30)18-9-10-19-14-27-23(28-20(19)13-18)17-5-2-1-3-6-17/h1-15H,25H2/q+1. The number of fused-ring (bicyclic) bond motifs is 2. The van der Waals surface area contributed by atoms with Crippen molar-refractivity contribution < 1.29 is 4.59 Å². The lowest BCUT2D eigenvalue weighted by atomic mass is 10.0. The first-order valence-corrected chi connectivity index (χ1v) is 9.66. The van der Waals surface area contributed by atoms with E-state index in [0.29, 0.717) is 5.82 Å². The van der Waals surface area contributed by atoms with E-state index in [2.05, 4.69) is 9.98 Å². The highest BCUT2D eigenvalue weighted by Gasteiger charge is 2.44. The van der Waals surface area contributed by atoms with Crippen LogP contribution in [0.25, 0.3) is 22.3 Å². The lowest BCUT2D eigenvalue weighted by molar-refractivity contribution is -0.750. The summed E-state index contributed by atoms with van der Waals surface area (Å²) < 4.78 is -0.00779. The summed E-state index contributed by atoms with van der Waals surface area (Å²) in [5.41, 5.74) is 5.52. The van der Waals surface area contributed by atoms with Crippen molar-refractivity contribution >= 4 is 23.0 Å². The van der Waals surface area contributed by atoms with E-state index in [1.165, 1.54) is 0 Å². The molecule has 1 unspecified atom stereocenters. The van der Waals surface area contributed by atoms with Crippen LogP contribution in [0.1, 0.15) is 5.56 Å². The van der Waals surface area contributed by atoms with Gasteiger partial charge in [0.25, 0.3) is 5.84 Å². The molecule has 2 N–H and O–H groups in total. The number of allylic oxidation sites excluding steroid dienone is 4. The highest BCUT2D eigenvalue weighted by molar-refractivity contribution is 6.03. The van der Waals surface area contributed by atoms with Crippen LogP contribution in [0.5, 0.6) is 0 Å². The number of aliphatic imine (C=N–C) groups is 2. The number of hydrogen-bond donors (Lipinski definition) is 1. The lowest BCUT2D eigenvalue weighted by Gasteiger charge is -2.26. The fraction of sp³-hybridized carbons (Fsp3) is 0. The van der Waals surface area contributed by atoms with Crippen LogP contribution >= 0.6 is 0 Å². The fourth-order valence-electron chi connectivity index (χ4n) is 3.83. The van der Waals surface area contributed by atoms with Crippen molar-refractivity contribution in [1.82, 2.24) is 9.97 Å². The number of hydrogen-bond acceptors (Lipinski definition) is 5. The van der Waals surface area contributed by atoms with E-state index in [1.54, 1.807) is 12.4 Å². The van der Waals surface area contributed by atoms with E-state index < -0.39 is 0 Å². The predicted octanol–water partition coefficient (Wildman–Crippen LogP) is 4.01. The number of benzene rings is 2. The molecule has 0 radical (unpaired) electrons. The molecule has 6 rings (SSSR count). The molecule has 0 bridgehead atoms. The maximum absolute atomic E-state index is 6.80. The minimum Gasteiger partial charge on any atom is -0.253 e.